The zero-order valence-corrected chi connectivity index (χ0v) is 13.7. The van der Waals surface area contributed by atoms with Crippen LogP contribution < -0.4 is 0 Å². The summed E-state index contributed by atoms with van der Waals surface area (Å²) < 4.78 is 15.1. The fourth-order valence-corrected chi connectivity index (χ4v) is 3.31. The van der Waals surface area contributed by atoms with Crippen LogP contribution in [0.3, 0.4) is 0 Å². The molecule has 1 saturated heterocycles. The highest BCUT2D eigenvalue weighted by Gasteiger charge is 2.39. The lowest BCUT2D eigenvalue weighted by molar-refractivity contribution is -0.131. The zero-order valence-electron chi connectivity index (χ0n) is 13.7. The maximum absolute atomic E-state index is 13.5. The number of carbonyl (C=O) groups is 1. The molecule has 128 valence electrons. The molecule has 1 N–H and O–H groups in total. The van der Waals surface area contributed by atoms with Gasteiger partial charge < -0.3 is 4.90 Å². The summed E-state index contributed by atoms with van der Waals surface area (Å²) in [5.74, 6) is 1.62. The molecule has 0 radical (unpaired) electrons. The van der Waals surface area contributed by atoms with Crippen LogP contribution in [0.1, 0.15) is 41.9 Å². The monoisotopic (exact) mass is 332 g/mol. The molecule has 24 heavy (non-hydrogen) atoms. The van der Waals surface area contributed by atoms with E-state index in [0.717, 1.165) is 24.2 Å². The van der Waals surface area contributed by atoms with Crippen LogP contribution in [0.2, 0.25) is 0 Å². The van der Waals surface area contributed by atoms with Gasteiger partial charge in [0.2, 0.25) is 5.91 Å². The predicted octanol–water partition coefficient (Wildman–Crippen LogP) is 1.40. The largest absolute Gasteiger partial charge is 0.340 e. The van der Waals surface area contributed by atoms with E-state index >= 15 is 0 Å². The third-order valence-electron chi connectivity index (χ3n) is 4.87. The van der Waals surface area contributed by atoms with E-state index in [9.17, 15) is 9.18 Å². The Morgan fingerprint density at radius 3 is 2.92 bits per heavy atom. The molecule has 1 aliphatic heterocycles. The van der Waals surface area contributed by atoms with Crippen LogP contribution in [-0.4, -0.2) is 55.5 Å². The van der Waals surface area contributed by atoms with Gasteiger partial charge in [-0.1, -0.05) is 0 Å². The summed E-state index contributed by atoms with van der Waals surface area (Å²) in [5, 5.41) is 11.4. The molecule has 7 nitrogen and oxygen atoms in total. The van der Waals surface area contributed by atoms with Gasteiger partial charge >= 0.3 is 0 Å². The number of aromatic amines is 1. The van der Waals surface area contributed by atoms with E-state index in [1.807, 2.05) is 13.1 Å². The summed E-state index contributed by atoms with van der Waals surface area (Å²) in [5.41, 5.74) is 1.01. The van der Waals surface area contributed by atoms with Gasteiger partial charge in [0.1, 0.15) is 12.4 Å². The Hall–Kier alpha value is -2.25. The van der Waals surface area contributed by atoms with E-state index in [4.69, 9.17) is 0 Å². The summed E-state index contributed by atoms with van der Waals surface area (Å²) in [7, 11) is 0. The highest BCUT2D eigenvalue weighted by atomic mass is 19.1. The molecule has 0 unspecified atom stereocenters. The van der Waals surface area contributed by atoms with Gasteiger partial charge in [-0.3, -0.25) is 19.0 Å². The number of aryl methyl sites for hydroxylation is 1. The van der Waals surface area contributed by atoms with Crippen molar-refractivity contribution in [3.8, 4) is 0 Å². The Balaban J connectivity index is 1.45. The first-order valence-electron chi connectivity index (χ1n) is 8.39. The van der Waals surface area contributed by atoms with Gasteiger partial charge in [-0.15, -0.1) is 0 Å². The number of carbonyl (C=O) groups excluding carboxylic acids is 1. The number of likely N-dealkylation sites (tertiary alicyclic amines) is 1. The van der Waals surface area contributed by atoms with Gasteiger partial charge in [0.15, 0.2) is 5.82 Å². The van der Waals surface area contributed by atoms with Crippen molar-refractivity contribution in [1.82, 2.24) is 29.9 Å². The zero-order chi connectivity index (χ0) is 16.7. The number of H-pyrrole nitrogens is 1. The minimum atomic E-state index is -0.464. The lowest BCUT2D eigenvalue weighted by Crippen LogP contribution is -2.32. The highest BCUT2D eigenvalue weighted by Crippen LogP contribution is 2.39. The van der Waals surface area contributed by atoms with Crippen molar-refractivity contribution < 1.29 is 9.18 Å². The molecule has 2 aromatic rings. The molecule has 2 fully saturated rings. The summed E-state index contributed by atoms with van der Waals surface area (Å²) in [4.78, 5) is 18.7. The van der Waals surface area contributed by atoms with Crippen LogP contribution in [0.25, 0.3) is 0 Å². The number of halogens is 1. The molecule has 2 aliphatic rings. The maximum Gasteiger partial charge on any atom is 0.244 e. The Bertz CT molecular complexity index is 737. The van der Waals surface area contributed by atoms with Crippen LogP contribution in [-0.2, 0) is 11.3 Å². The standard InChI is InChI=1S/C16H21FN6O/c1-10-5-18-23(6-10)9-14(24)22-7-12(4-17)13(8-22)16-19-15(20-21-16)11-2-3-11/h5-6,11-13H,2-4,7-9H2,1H3,(H,19,20,21)/t12-,13-/m1/s1. The second kappa shape index (κ2) is 5.99. The second-order valence-electron chi connectivity index (χ2n) is 6.89. The maximum atomic E-state index is 13.5. The van der Waals surface area contributed by atoms with Crippen LogP contribution in [0.4, 0.5) is 4.39 Å². The number of hydrogen-bond donors (Lipinski definition) is 1. The van der Waals surface area contributed by atoms with E-state index in [0.29, 0.717) is 24.8 Å². The fraction of sp³-hybridized carbons (Fsp3) is 0.625. The van der Waals surface area contributed by atoms with Gasteiger partial charge in [-0.05, 0) is 25.3 Å². The molecule has 4 rings (SSSR count). The molecule has 3 heterocycles. The SMILES string of the molecule is Cc1cnn(CC(=O)N2C[C@@H](CF)[C@H](c3nc(C4CC4)n[nH]3)C2)c1. The minimum absolute atomic E-state index is 0.0408. The van der Waals surface area contributed by atoms with Crippen LogP contribution in [0, 0.1) is 12.8 Å². The van der Waals surface area contributed by atoms with Crippen LogP contribution in [0.15, 0.2) is 12.4 Å². The molecule has 0 bridgehead atoms. The Labute approximate surface area is 139 Å². The summed E-state index contributed by atoms with van der Waals surface area (Å²) in [6.07, 6.45) is 5.81. The number of amides is 1. The van der Waals surface area contributed by atoms with E-state index in [-0.39, 0.29) is 24.3 Å². The van der Waals surface area contributed by atoms with E-state index < -0.39 is 6.67 Å². The average Bonchev–Trinajstić information content (AvgIpc) is 2.99. The number of rotatable bonds is 5. The van der Waals surface area contributed by atoms with Gasteiger partial charge in [0, 0.05) is 37.0 Å². The molecule has 2 atom stereocenters. The number of aromatic nitrogens is 5. The molecule has 1 saturated carbocycles. The van der Waals surface area contributed by atoms with E-state index in [1.54, 1.807) is 15.8 Å². The van der Waals surface area contributed by atoms with Crippen molar-refractivity contribution in [2.75, 3.05) is 19.8 Å². The smallest absolute Gasteiger partial charge is 0.244 e. The topological polar surface area (TPSA) is 79.7 Å². The Morgan fingerprint density at radius 1 is 1.42 bits per heavy atom. The van der Waals surface area contributed by atoms with Gasteiger partial charge in [-0.25, -0.2) is 4.98 Å². The minimum Gasteiger partial charge on any atom is -0.340 e. The third kappa shape index (κ3) is 2.92. The van der Waals surface area contributed by atoms with Gasteiger partial charge in [0.25, 0.3) is 0 Å². The first-order chi connectivity index (χ1) is 11.6. The number of hydrogen-bond acceptors (Lipinski definition) is 4. The molecule has 8 heteroatoms. The van der Waals surface area contributed by atoms with Crippen molar-refractivity contribution in [2.45, 2.75) is 38.1 Å². The fourth-order valence-electron chi connectivity index (χ4n) is 3.31. The van der Waals surface area contributed by atoms with Gasteiger partial charge in [-0.2, -0.15) is 10.2 Å². The molecule has 2 aromatic heterocycles. The summed E-state index contributed by atoms with van der Waals surface area (Å²) in [6.45, 7) is 2.55. The summed E-state index contributed by atoms with van der Waals surface area (Å²) >= 11 is 0. The number of nitrogens with one attached hydrogen (secondary N) is 1. The first-order valence-corrected chi connectivity index (χ1v) is 8.39. The highest BCUT2D eigenvalue weighted by molar-refractivity contribution is 5.76. The number of alkyl halides is 1. The van der Waals surface area contributed by atoms with Gasteiger partial charge in [0.05, 0.1) is 12.9 Å². The Kier molecular flexibility index (Phi) is 3.82. The van der Waals surface area contributed by atoms with E-state index in [1.165, 1.54) is 0 Å². The van der Waals surface area contributed by atoms with Crippen molar-refractivity contribution in [3.63, 3.8) is 0 Å². The first kappa shape index (κ1) is 15.3. The molecular formula is C16H21FN6O. The van der Waals surface area contributed by atoms with Crippen LogP contribution >= 0.6 is 0 Å². The van der Waals surface area contributed by atoms with Crippen molar-refractivity contribution in [1.29, 1.82) is 0 Å². The second-order valence-corrected chi connectivity index (χ2v) is 6.89. The van der Waals surface area contributed by atoms with Crippen LogP contribution in [0.5, 0.6) is 0 Å². The molecule has 1 aliphatic carbocycles. The van der Waals surface area contributed by atoms with Crippen molar-refractivity contribution in [2.24, 2.45) is 5.92 Å². The predicted molar refractivity (Wildman–Crippen MR) is 84.1 cm³/mol. The number of nitrogens with zero attached hydrogens (tertiary/aromatic N) is 5. The lowest BCUT2D eigenvalue weighted by atomic mass is 9.97. The van der Waals surface area contributed by atoms with Crippen molar-refractivity contribution in [3.05, 3.63) is 29.6 Å². The summed E-state index contributed by atoms with van der Waals surface area (Å²) in [6, 6.07) is 0. The Morgan fingerprint density at radius 2 is 2.25 bits per heavy atom. The quantitative estimate of drug-likeness (QED) is 0.897. The molecule has 0 aromatic carbocycles. The molecule has 1 amide bonds. The third-order valence-corrected chi connectivity index (χ3v) is 4.87. The van der Waals surface area contributed by atoms with Crippen molar-refractivity contribution >= 4 is 5.91 Å². The molecular weight excluding hydrogens is 311 g/mol. The van der Waals surface area contributed by atoms with E-state index in [2.05, 4.69) is 20.3 Å². The lowest BCUT2D eigenvalue weighted by Gasteiger charge is -2.15. The molecule has 0 spiro atoms. The average molecular weight is 332 g/mol. The normalized spacial score (nSPS) is 23.8.